The molecule has 1 atom stereocenters. The molecule has 2 heterocycles. The highest BCUT2D eigenvalue weighted by Crippen LogP contribution is 2.26. The molecule has 0 aromatic carbocycles. The van der Waals surface area contributed by atoms with Crippen molar-refractivity contribution in [2.75, 3.05) is 0 Å². The number of hydrogen-bond acceptors (Lipinski definition) is 4. The van der Waals surface area contributed by atoms with Crippen LogP contribution in [0.4, 0.5) is 0 Å². The van der Waals surface area contributed by atoms with E-state index in [1.807, 2.05) is 4.57 Å². The molecule has 1 aliphatic rings. The summed E-state index contributed by atoms with van der Waals surface area (Å²) < 4.78 is 1.95. The van der Waals surface area contributed by atoms with Gasteiger partial charge in [0.2, 0.25) is 5.60 Å². The largest absolute Gasteiger partial charge is 0.478 e. The molecule has 2 rings (SSSR count). The number of imidazole rings is 1. The van der Waals surface area contributed by atoms with Gasteiger partial charge in [0.1, 0.15) is 5.71 Å². The Balaban J connectivity index is 2.20. The van der Waals surface area contributed by atoms with E-state index in [0.717, 1.165) is 18.7 Å². The van der Waals surface area contributed by atoms with Crippen molar-refractivity contribution in [3.8, 4) is 0 Å². The fourth-order valence-electron chi connectivity index (χ4n) is 1.77. The molecule has 0 radical (unpaired) electrons. The van der Waals surface area contributed by atoms with Gasteiger partial charge in [0.15, 0.2) is 0 Å². The van der Waals surface area contributed by atoms with Crippen molar-refractivity contribution >= 4 is 11.7 Å². The van der Waals surface area contributed by atoms with Gasteiger partial charge in [0.25, 0.3) is 0 Å². The summed E-state index contributed by atoms with van der Waals surface area (Å²) in [5.41, 5.74) is 0.217. The second-order valence-corrected chi connectivity index (χ2v) is 4.31. The molecule has 0 aliphatic carbocycles. The second kappa shape index (κ2) is 4.20. The van der Waals surface area contributed by atoms with Gasteiger partial charge in [0, 0.05) is 13.0 Å². The van der Waals surface area contributed by atoms with Gasteiger partial charge in [-0.15, -0.1) is 0 Å². The number of aromatic nitrogens is 2. The zero-order chi connectivity index (χ0) is 12.5. The number of carbonyl (C=O) groups is 1. The van der Waals surface area contributed by atoms with Crippen molar-refractivity contribution < 1.29 is 14.7 Å². The highest BCUT2D eigenvalue weighted by molar-refractivity contribution is 6.03. The van der Waals surface area contributed by atoms with Gasteiger partial charge in [-0.05, 0) is 13.3 Å². The first-order chi connectivity index (χ1) is 8.07. The number of aliphatic carboxylic acids is 1. The van der Waals surface area contributed by atoms with Crippen LogP contribution < -0.4 is 0 Å². The third-order valence-corrected chi connectivity index (χ3v) is 2.79. The average Bonchev–Trinajstić information content (AvgIpc) is 2.86. The molecule has 0 saturated carbocycles. The van der Waals surface area contributed by atoms with E-state index in [9.17, 15) is 4.79 Å². The lowest BCUT2D eigenvalue weighted by atomic mass is 9.99. The molecule has 1 aromatic rings. The van der Waals surface area contributed by atoms with Gasteiger partial charge in [-0.2, -0.15) is 0 Å². The maximum atomic E-state index is 11.0. The van der Waals surface area contributed by atoms with E-state index in [2.05, 4.69) is 17.1 Å². The predicted octanol–water partition coefficient (Wildman–Crippen LogP) is 1.26. The molecule has 0 spiro atoms. The van der Waals surface area contributed by atoms with Crippen molar-refractivity contribution in [3.63, 3.8) is 0 Å². The summed E-state index contributed by atoms with van der Waals surface area (Å²) >= 11 is 0. The van der Waals surface area contributed by atoms with Crippen LogP contribution in [0, 0.1) is 0 Å². The maximum Gasteiger partial charge on any atom is 0.351 e. The molecule has 92 valence electrons. The maximum absolute atomic E-state index is 11.0. The molecule has 0 fully saturated rings. The zero-order valence-corrected chi connectivity index (χ0v) is 9.88. The Morgan fingerprint density at radius 2 is 2.47 bits per heavy atom. The highest BCUT2D eigenvalue weighted by Gasteiger charge is 2.43. The van der Waals surface area contributed by atoms with Crippen LogP contribution >= 0.6 is 0 Å². The highest BCUT2D eigenvalue weighted by atomic mass is 16.7. The number of carboxylic acids is 1. The van der Waals surface area contributed by atoms with Crippen molar-refractivity contribution in [1.82, 2.24) is 9.55 Å². The molecule has 1 aliphatic heterocycles. The number of hydrogen-bond donors (Lipinski definition) is 1. The van der Waals surface area contributed by atoms with E-state index < -0.39 is 11.6 Å². The molecule has 6 nitrogen and oxygen atoms in total. The number of carboxylic acid groups (broad SMARTS) is 1. The van der Waals surface area contributed by atoms with Gasteiger partial charge in [-0.3, -0.25) is 0 Å². The Labute approximate surface area is 98.9 Å². The summed E-state index contributed by atoms with van der Waals surface area (Å²) in [7, 11) is 0. The SMILES string of the molecule is CCCn1cncc1C1=NOC(C)(C(=O)O)C1. The van der Waals surface area contributed by atoms with Gasteiger partial charge < -0.3 is 14.5 Å². The second-order valence-electron chi connectivity index (χ2n) is 4.31. The summed E-state index contributed by atoms with van der Waals surface area (Å²) in [5.74, 6) is -1.00. The Hall–Kier alpha value is -1.85. The Kier molecular flexibility index (Phi) is 2.87. The lowest BCUT2D eigenvalue weighted by molar-refractivity contribution is -0.160. The van der Waals surface area contributed by atoms with Crippen molar-refractivity contribution in [2.45, 2.75) is 38.8 Å². The molecule has 0 amide bonds. The van der Waals surface area contributed by atoms with Crippen molar-refractivity contribution in [3.05, 3.63) is 18.2 Å². The Morgan fingerprint density at radius 3 is 3.06 bits per heavy atom. The van der Waals surface area contributed by atoms with Crippen LogP contribution in [-0.2, 0) is 16.2 Å². The fourth-order valence-corrected chi connectivity index (χ4v) is 1.77. The summed E-state index contributed by atoms with van der Waals surface area (Å²) in [5, 5.41) is 12.9. The quantitative estimate of drug-likeness (QED) is 0.855. The van der Waals surface area contributed by atoms with E-state index in [1.54, 1.807) is 12.5 Å². The standard InChI is InChI=1S/C11H15N3O3/c1-3-4-14-7-12-6-9(14)8-5-11(2,10(15)16)17-13-8/h6-7H,3-5H2,1-2H3,(H,15,16). The smallest absolute Gasteiger partial charge is 0.351 e. The summed E-state index contributed by atoms with van der Waals surface area (Å²) in [6, 6.07) is 0. The monoisotopic (exact) mass is 237 g/mol. The van der Waals surface area contributed by atoms with Crippen molar-refractivity contribution in [1.29, 1.82) is 0 Å². The van der Waals surface area contributed by atoms with E-state index in [-0.39, 0.29) is 6.42 Å². The first-order valence-corrected chi connectivity index (χ1v) is 5.56. The lowest BCUT2D eigenvalue weighted by Crippen LogP contribution is -2.35. The van der Waals surface area contributed by atoms with Gasteiger partial charge >= 0.3 is 5.97 Å². The predicted molar refractivity (Wildman–Crippen MR) is 60.8 cm³/mol. The van der Waals surface area contributed by atoms with Crippen molar-refractivity contribution in [2.24, 2.45) is 5.16 Å². The average molecular weight is 237 g/mol. The van der Waals surface area contributed by atoms with E-state index in [1.165, 1.54) is 6.92 Å². The minimum atomic E-state index is -1.25. The first kappa shape index (κ1) is 11.6. The van der Waals surface area contributed by atoms with E-state index in [0.29, 0.717) is 5.71 Å². The molecule has 1 N–H and O–H groups in total. The van der Waals surface area contributed by atoms with Gasteiger partial charge in [-0.25, -0.2) is 9.78 Å². The number of aryl methyl sites for hydroxylation is 1. The minimum Gasteiger partial charge on any atom is -0.478 e. The molecular formula is C11H15N3O3. The molecule has 0 bridgehead atoms. The zero-order valence-electron chi connectivity index (χ0n) is 9.88. The van der Waals surface area contributed by atoms with Gasteiger partial charge in [0.05, 0.1) is 18.2 Å². The minimum absolute atomic E-state index is 0.262. The summed E-state index contributed by atoms with van der Waals surface area (Å²) in [6.45, 7) is 4.42. The van der Waals surface area contributed by atoms with Crippen LogP contribution in [-0.4, -0.2) is 31.9 Å². The Morgan fingerprint density at radius 1 is 1.71 bits per heavy atom. The number of rotatable bonds is 4. The molecule has 6 heteroatoms. The summed E-state index contributed by atoms with van der Waals surface area (Å²) in [6.07, 6.45) is 4.65. The first-order valence-electron chi connectivity index (χ1n) is 5.56. The molecule has 17 heavy (non-hydrogen) atoms. The number of oxime groups is 1. The van der Waals surface area contributed by atoms with E-state index in [4.69, 9.17) is 9.94 Å². The fraction of sp³-hybridized carbons (Fsp3) is 0.545. The van der Waals surface area contributed by atoms with Crippen LogP contribution in [0.25, 0.3) is 0 Å². The molecule has 0 saturated heterocycles. The topological polar surface area (TPSA) is 76.7 Å². The van der Waals surface area contributed by atoms with Crippen LogP contribution in [0.3, 0.4) is 0 Å². The molecule has 1 aromatic heterocycles. The van der Waals surface area contributed by atoms with Crippen LogP contribution in [0.2, 0.25) is 0 Å². The summed E-state index contributed by atoms with van der Waals surface area (Å²) in [4.78, 5) is 20.1. The van der Waals surface area contributed by atoms with Gasteiger partial charge in [-0.1, -0.05) is 12.1 Å². The Bertz CT molecular complexity index is 466. The third-order valence-electron chi connectivity index (χ3n) is 2.79. The van der Waals surface area contributed by atoms with Crippen LogP contribution in [0.15, 0.2) is 17.7 Å². The molecule has 1 unspecified atom stereocenters. The third kappa shape index (κ3) is 2.02. The number of nitrogens with zero attached hydrogens (tertiary/aromatic N) is 3. The molecular weight excluding hydrogens is 222 g/mol. The normalized spacial score (nSPS) is 23.3. The van der Waals surface area contributed by atoms with Crippen LogP contribution in [0.5, 0.6) is 0 Å². The lowest BCUT2D eigenvalue weighted by Gasteiger charge is -2.14. The van der Waals surface area contributed by atoms with E-state index >= 15 is 0 Å². The van der Waals surface area contributed by atoms with Crippen LogP contribution in [0.1, 0.15) is 32.4 Å².